The normalized spacial score (nSPS) is 12.1. The van der Waals surface area contributed by atoms with Crippen LogP contribution < -0.4 is 5.32 Å². The van der Waals surface area contributed by atoms with Gasteiger partial charge >= 0.3 is 5.97 Å². The highest BCUT2D eigenvalue weighted by Gasteiger charge is 2.20. The molecule has 0 aliphatic carbocycles. The Morgan fingerprint density at radius 3 is 2.81 bits per heavy atom. The predicted molar refractivity (Wildman–Crippen MR) is 52.0 cm³/mol. The lowest BCUT2D eigenvalue weighted by Crippen LogP contribution is -2.37. The zero-order chi connectivity index (χ0) is 12.1. The fourth-order valence-corrected chi connectivity index (χ4v) is 1.05. The van der Waals surface area contributed by atoms with Gasteiger partial charge in [-0.05, 0) is 6.92 Å². The van der Waals surface area contributed by atoms with Gasteiger partial charge in [-0.2, -0.15) is 0 Å². The summed E-state index contributed by atoms with van der Waals surface area (Å²) in [7, 11) is 1.25. The Bertz CT molecular complexity index is 387. The first kappa shape index (κ1) is 12.2. The van der Waals surface area contributed by atoms with Gasteiger partial charge in [0.25, 0.3) is 5.91 Å². The summed E-state index contributed by atoms with van der Waals surface area (Å²) in [6.07, 6.45) is 0.326. The number of methoxy groups -OCH3 is 1. The van der Waals surface area contributed by atoms with E-state index in [2.05, 4.69) is 15.2 Å². The smallest absolute Gasteiger partial charge is 0.334 e. The Labute approximate surface area is 91.4 Å². The number of aromatic nitrogens is 1. The molecule has 0 spiro atoms. The molecule has 0 aliphatic rings. The quantitative estimate of drug-likeness (QED) is 0.724. The molecule has 88 valence electrons. The van der Waals surface area contributed by atoms with E-state index in [4.69, 9.17) is 9.63 Å². The van der Waals surface area contributed by atoms with Crippen molar-refractivity contribution in [3.63, 3.8) is 0 Å². The molecule has 1 heterocycles. The SMILES string of the molecule is COC(CNC(=O)c1oncc1C)C(=O)O. The number of nitrogens with one attached hydrogen (secondary N) is 1. The second-order valence-electron chi connectivity index (χ2n) is 3.11. The number of hydrogen-bond acceptors (Lipinski definition) is 5. The van der Waals surface area contributed by atoms with Crippen molar-refractivity contribution in [1.29, 1.82) is 0 Å². The molecule has 1 atom stereocenters. The largest absolute Gasteiger partial charge is 0.479 e. The Morgan fingerprint density at radius 2 is 2.38 bits per heavy atom. The molecule has 1 aromatic heterocycles. The highest BCUT2D eigenvalue weighted by molar-refractivity contribution is 5.92. The zero-order valence-corrected chi connectivity index (χ0v) is 8.89. The topological polar surface area (TPSA) is 102 Å². The summed E-state index contributed by atoms with van der Waals surface area (Å²) in [5, 5.41) is 14.5. The van der Waals surface area contributed by atoms with Gasteiger partial charge in [0.05, 0.1) is 12.7 Å². The van der Waals surface area contributed by atoms with Gasteiger partial charge in [0, 0.05) is 12.7 Å². The maximum Gasteiger partial charge on any atom is 0.334 e. The van der Waals surface area contributed by atoms with Crippen LogP contribution in [0.1, 0.15) is 16.1 Å². The first-order chi connectivity index (χ1) is 7.56. The van der Waals surface area contributed by atoms with Gasteiger partial charge < -0.3 is 19.7 Å². The molecule has 0 radical (unpaired) electrons. The van der Waals surface area contributed by atoms with E-state index in [0.29, 0.717) is 5.56 Å². The number of ether oxygens (including phenoxy) is 1. The number of nitrogens with zero attached hydrogens (tertiary/aromatic N) is 1. The van der Waals surface area contributed by atoms with E-state index in [1.165, 1.54) is 13.3 Å². The lowest BCUT2D eigenvalue weighted by Gasteiger charge is -2.10. The molecule has 1 rings (SSSR count). The summed E-state index contributed by atoms with van der Waals surface area (Å²) in [6, 6.07) is 0. The van der Waals surface area contributed by atoms with E-state index in [-0.39, 0.29) is 12.3 Å². The Kier molecular flexibility index (Phi) is 4.01. The van der Waals surface area contributed by atoms with Crippen LogP contribution in [0.3, 0.4) is 0 Å². The van der Waals surface area contributed by atoms with Crippen LogP contribution in [0, 0.1) is 6.92 Å². The van der Waals surface area contributed by atoms with Gasteiger partial charge in [0.2, 0.25) is 5.76 Å². The van der Waals surface area contributed by atoms with Crippen molar-refractivity contribution in [2.24, 2.45) is 0 Å². The van der Waals surface area contributed by atoms with Crippen molar-refractivity contribution in [2.45, 2.75) is 13.0 Å². The van der Waals surface area contributed by atoms with E-state index in [0.717, 1.165) is 0 Å². The number of carboxylic acid groups (broad SMARTS) is 1. The molecule has 7 heteroatoms. The molecule has 1 aromatic rings. The molecular formula is C9H12N2O5. The highest BCUT2D eigenvalue weighted by atomic mass is 16.5. The molecule has 7 nitrogen and oxygen atoms in total. The van der Waals surface area contributed by atoms with Gasteiger partial charge in [0.15, 0.2) is 6.10 Å². The molecular weight excluding hydrogens is 216 g/mol. The van der Waals surface area contributed by atoms with Crippen molar-refractivity contribution in [3.05, 3.63) is 17.5 Å². The third-order valence-electron chi connectivity index (χ3n) is 1.96. The number of hydrogen-bond donors (Lipinski definition) is 2. The molecule has 1 amide bonds. The van der Waals surface area contributed by atoms with Crippen LogP contribution in [0.25, 0.3) is 0 Å². The molecule has 0 saturated carbocycles. The number of rotatable bonds is 5. The molecule has 0 bridgehead atoms. The second-order valence-corrected chi connectivity index (χ2v) is 3.11. The first-order valence-corrected chi connectivity index (χ1v) is 4.51. The van der Waals surface area contributed by atoms with Crippen molar-refractivity contribution in [1.82, 2.24) is 10.5 Å². The highest BCUT2D eigenvalue weighted by Crippen LogP contribution is 2.05. The summed E-state index contributed by atoms with van der Waals surface area (Å²) in [4.78, 5) is 22.1. The van der Waals surface area contributed by atoms with Crippen LogP contribution in [0.2, 0.25) is 0 Å². The lowest BCUT2D eigenvalue weighted by atomic mass is 10.2. The molecule has 0 aliphatic heterocycles. The number of carboxylic acids is 1. The van der Waals surface area contributed by atoms with Crippen molar-refractivity contribution >= 4 is 11.9 Å². The van der Waals surface area contributed by atoms with E-state index in [1.54, 1.807) is 6.92 Å². The molecule has 0 saturated heterocycles. The second kappa shape index (κ2) is 5.26. The molecule has 0 fully saturated rings. The van der Waals surface area contributed by atoms with Crippen LogP contribution in [-0.4, -0.2) is 41.9 Å². The number of aliphatic carboxylic acids is 1. The van der Waals surface area contributed by atoms with Crippen LogP contribution >= 0.6 is 0 Å². The van der Waals surface area contributed by atoms with Crippen LogP contribution in [0.15, 0.2) is 10.7 Å². The Morgan fingerprint density at radius 1 is 1.69 bits per heavy atom. The maximum atomic E-state index is 11.5. The Hall–Kier alpha value is -1.89. The number of carbonyl (C=O) groups excluding carboxylic acids is 1. The fraction of sp³-hybridized carbons (Fsp3) is 0.444. The first-order valence-electron chi connectivity index (χ1n) is 4.51. The Balaban J connectivity index is 2.53. The van der Waals surface area contributed by atoms with Crippen molar-refractivity contribution in [2.75, 3.05) is 13.7 Å². The van der Waals surface area contributed by atoms with Gasteiger partial charge in [-0.25, -0.2) is 4.79 Å². The van der Waals surface area contributed by atoms with Gasteiger partial charge in [0.1, 0.15) is 0 Å². The maximum absolute atomic E-state index is 11.5. The minimum Gasteiger partial charge on any atom is -0.479 e. The molecule has 2 N–H and O–H groups in total. The lowest BCUT2D eigenvalue weighted by molar-refractivity contribution is -0.148. The summed E-state index contributed by atoms with van der Waals surface area (Å²) in [5.41, 5.74) is 0.585. The molecule has 1 unspecified atom stereocenters. The number of aryl methyl sites for hydroxylation is 1. The van der Waals surface area contributed by atoms with Gasteiger partial charge in [-0.15, -0.1) is 0 Å². The van der Waals surface area contributed by atoms with E-state index >= 15 is 0 Å². The predicted octanol–water partition coefficient (Wildman–Crippen LogP) is -0.188. The summed E-state index contributed by atoms with van der Waals surface area (Å²) < 4.78 is 9.35. The summed E-state index contributed by atoms with van der Waals surface area (Å²) in [5.74, 6) is -1.59. The van der Waals surface area contributed by atoms with E-state index in [1.807, 2.05) is 0 Å². The third kappa shape index (κ3) is 2.80. The monoisotopic (exact) mass is 228 g/mol. The summed E-state index contributed by atoms with van der Waals surface area (Å²) in [6.45, 7) is 1.53. The number of amides is 1. The van der Waals surface area contributed by atoms with Crippen LogP contribution in [0.5, 0.6) is 0 Å². The molecule has 16 heavy (non-hydrogen) atoms. The number of carbonyl (C=O) groups is 2. The van der Waals surface area contributed by atoms with E-state index in [9.17, 15) is 9.59 Å². The van der Waals surface area contributed by atoms with Crippen LogP contribution in [-0.2, 0) is 9.53 Å². The minimum atomic E-state index is -1.14. The summed E-state index contributed by atoms with van der Waals surface area (Å²) >= 11 is 0. The van der Waals surface area contributed by atoms with Gasteiger partial charge in [-0.3, -0.25) is 4.79 Å². The fourth-order valence-electron chi connectivity index (χ4n) is 1.05. The van der Waals surface area contributed by atoms with Crippen LogP contribution in [0.4, 0.5) is 0 Å². The average molecular weight is 228 g/mol. The van der Waals surface area contributed by atoms with Gasteiger partial charge in [-0.1, -0.05) is 5.16 Å². The third-order valence-corrected chi connectivity index (χ3v) is 1.96. The zero-order valence-electron chi connectivity index (χ0n) is 8.89. The standard InChI is InChI=1S/C9H12N2O5/c1-5-3-11-16-7(5)8(12)10-4-6(15-2)9(13)14/h3,6H,4H2,1-2H3,(H,10,12)(H,13,14). The van der Waals surface area contributed by atoms with Crippen molar-refractivity contribution in [3.8, 4) is 0 Å². The van der Waals surface area contributed by atoms with Crippen molar-refractivity contribution < 1.29 is 24.0 Å². The minimum absolute atomic E-state index is 0.0697. The molecule has 0 aromatic carbocycles. The average Bonchev–Trinajstić information content (AvgIpc) is 2.64. The van der Waals surface area contributed by atoms with E-state index < -0.39 is 18.0 Å².